The second-order valence-corrected chi connectivity index (χ2v) is 5.33. The largest absolute Gasteiger partial charge is 0.312 e. The topological polar surface area (TPSA) is 37.8 Å². The molecule has 1 aliphatic rings. The number of fused-ring (bicyclic) bond motifs is 1. The van der Waals surface area contributed by atoms with Crippen molar-refractivity contribution in [3.05, 3.63) is 46.4 Å². The summed E-state index contributed by atoms with van der Waals surface area (Å²) >= 11 is 0. The van der Waals surface area contributed by atoms with Gasteiger partial charge in [0, 0.05) is 30.6 Å². The quantitative estimate of drug-likeness (QED) is 0.849. The van der Waals surface area contributed by atoms with Gasteiger partial charge in [0.2, 0.25) is 0 Å². The minimum atomic E-state index is 0.873. The van der Waals surface area contributed by atoms with Gasteiger partial charge in [0.05, 0.1) is 11.4 Å². The highest BCUT2D eigenvalue weighted by atomic mass is 14.9. The summed E-state index contributed by atoms with van der Waals surface area (Å²) in [5.41, 5.74) is 8.73. The van der Waals surface area contributed by atoms with Crippen LogP contribution in [0.2, 0.25) is 0 Å². The Labute approximate surface area is 114 Å². The van der Waals surface area contributed by atoms with Crippen LogP contribution in [0.15, 0.2) is 18.5 Å². The Kier molecular flexibility index (Phi) is 3.07. The van der Waals surface area contributed by atoms with Crippen molar-refractivity contribution in [3.8, 4) is 11.3 Å². The van der Waals surface area contributed by atoms with E-state index in [0.717, 1.165) is 25.2 Å². The second kappa shape index (κ2) is 4.74. The van der Waals surface area contributed by atoms with E-state index in [0.29, 0.717) is 0 Å². The standard InChI is InChI=1S/C16H19N3/c1-10-6-12(3)13(7-11(10)2)16-14-8-17-5-4-15(14)18-9-19-16/h6-7,9,17H,4-5,8H2,1-3H3. The maximum Gasteiger partial charge on any atom is 0.116 e. The number of hydrogen-bond acceptors (Lipinski definition) is 3. The average Bonchev–Trinajstić information content (AvgIpc) is 2.42. The molecule has 98 valence electrons. The fourth-order valence-corrected chi connectivity index (χ4v) is 2.72. The van der Waals surface area contributed by atoms with E-state index in [1.165, 1.54) is 33.5 Å². The highest BCUT2D eigenvalue weighted by Gasteiger charge is 2.17. The Morgan fingerprint density at radius 1 is 1.00 bits per heavy atom. The first-order chi connectivity index (χ1) is 9.16. The molecular formula is C16H19N3. The Balaban J connectivity index is 2.20. The van der Waals surface area contributed by atoms with E-state index in [2.05, 4.69) is 48.2 Å². The Morgan fingerprint density at radius 2 is 1.79 bits per heavy atom. The van der Waals surface area contributed by atoms with Crippen LogP contribution in [0, 0.1) is 20.8 Å². The third-order valence-corrected chi connectivity index (χ3v) is 3.97. The van der Waals surface area contributed by atoms with Gasteiger partial charge < -0.3 is 5.32 Å². The third kappa shape index (κ3) is 2.15. The molecule has 1 aromatic heterocycles. The number of aromatic nitrogens is 2. The molecule has 19 heavy (non-hydrogen) atoms. The van der Waals surface area contributed by atoms with Crippen molar-refractivity contribution in [2.75, 3.05) is 6.54 Å². The van der Waals surface area contributed by atoms with Gasteiger partial charge in [-0.15, -0.1) is 0 Å². The first-order valence-electron chi connectivity index (χ1n) is 6.78. The monoisotopic (exact) mass is 253 g/mol. The van der Waals surface area contributed by atoms with Crippen molar-refractivity contribution < 1.29 is 0 Å². The minimum absolute atomic E-state index is 0.873. The predicted molar refractivity (Wildman–Crippen MR) is 77.1 cm³/mol. The molecule has 1 aromatic carbocycles. The van der Waals surface area contributed by atoms with E-state index in [9.17, 15) is 0 Å². The molecule has 0 saturated heterocycles. The molecule has 1 aliphatic heterocycles. The minimum Gasteiger partial charge on any atom is -0.312 e. The molecule has 0 fully saturated rings. The molecule has 0 atom stereocenters. The lowest BCUT2D eigenvalue weighted by molar-refractivity contribution is 0.627. The van der Waals surface area contributed by atoms with E-state index in [4.69, 9.17) is 0 Å². The number of hydrogen-bond donors (Lipinski definition) is 1. The molecule has 3 nitrogen and oxygen atoms in total. The van der Waals surface area contributed by atoms with Crippen LogP contribution in [0.5, 0.6) is 0 Å². The lowest BCUT2D eigenvalue weighted by Crippen LogP contribution is -2.25. The van der Waals surface area contributed by atoms with Crippen LogP contribution in [0.4, 0.5) is 0 Å². The number of aryl methyl sites for hydroxylation is 3. The number of nitrogens with one attached hydrogen (secondary N) is 1. The summed E-state index contributed by atoms with van der Waals surface area (Å²) in [6.07, 6.45) is 2.70. The zero-order valence-electron chi connectivity index (χ0n) is 11.7. The van der Waals surface area contributed by atoms with Gasteiger partial charge in [-0.25, -0.2) is 9.97 Å². The molecule has 2 heterocycles. The molecule has 3 rings (SSSR count). The van der Waals surface area contributed by atoms with Crippen LogP contribution >= 0.6 is 0 Å². The molecule has 0 radical (unpaired) electrons. The molecule has 0 amide bonds. The van der Waals surface area contributed by atoms with Gasteiger partial charge >= 0.3 is 0 Å². The first-order valence-corrected chi connectivity index (χ1v) is 6.78. The molecule has 2 aromatic rings. The highest BCUT2D eigenvalue weighted by molar-refractivity contribution is 5.69. The van der Waals surface area contributed by atoms with Crippen molar-refractivity contribution in [1.29, 1.82) is 0 Å². The summed E-state index contributed by atoms with van der Waals surface area (Å²) in [7, 11) is 0. The number of nitrogens with zero attached hydrogens (tertiary/aromatic N) is 2. The maximum absolute atomic E-state index is 4.54. The Hall–Kier alpha value is -1.74. The smallest absolute Gasteiger partial charge is 0.116 e. The van der Waals surface area contributed by atoms with Crippen LogP contribution in [-0.4, -0.2) is 16.5 Å². The van der Waals surface area contributed by atoms with Gasteiger partial charge in [-0.3, -0.25) is 0 Å². The van der Waals surface area contributed by atoms with Gasteiger partial charge in [-0.2, -0.15) is 0 Å². The summed E-state index contributed by atoms with van der Waals surface area (Å²) in [4.78, 5) is 8.97. The van der Waals surface area contributed by atoms with E-state index in [1.54, 1.807) is 6.33 Å². The predicted octanol–water partition coefficient (Wildman–Crippen LogP) is 2.71. The molecule has 0 spiro atoms. The summed E-state index contributed by atoms with van der Waals surface area (Å²) in [5.74, 6) is 0. The SMILES string of the molecule is Cc1cc(C)c(-c2ncnc3c2CNCC3)cc1C. The van der Waals surface area contributed by atoms with Crippen molar-refractivity contribution in [1.82, 2.24) is 15.3 Å². The average molecular weight is 253 g/mol. The molecule has 0 unspecified atom stereocenters. The molecular weight excluding hydrogens is 234 g/mol. The lowest BCUT2D eigenvalue weighted by Gasteiger charge is -2.20. The lowest BCUT2D eigenvalue weighted by atomic mass is 9.94. The van der Waals surface area contributed by atoms with Gasteiger partial charge in [0.1, 0.15) is 6.33 Å². The highest BCUT2D eigenvalue weighted by Crippen LogP contribution is 2.29. The van der Waals surface area contributed by atoms with Crippen molar-refractivity contribution in [3.63, 3.8) is 0 Å². The van der Waals surface area contributed by atoms with E-state index < -0.39 is 0 Å². The summed E-state index contributed by atoms with van der Waals surface area (Å²) < 4.78 is 0. The number of benzene rings is 1. The summed E-state index contributed by atoms with van der Waals surface area (Å²) in [5, 5.41) is 3.42. The Bertz CT molecular complexity index is 632. The van der Waals surface area contributed by atoms with E-state index >= 15 is 0 Å². The van der Waals surface area contributed by atoms with Crippen molar-refractivity contribution in [2.45, 2.75) is 33.7 Å². The zero-order chi connectivity index (χ0) is 13.4. The van der Waals surface area contributed by atoms with E-state index in [1.807, 2.05) is 0 Å². The van der Waals surface area contributed by atoms with E-state index in [-0.39, 0.29) is 0 Å². The Morgan fingerprint density at radius 3 is 2.63 bits per heavy atom. The third-order valence-electron chi connectivity index (χ3n) is 3.97. The second-order valence-electron chi connectivity index (χ2n) is 5.33. The molecule has 0 aliphatic carbocycles. The van der Waals surface area contributed by atoms with Crippen LogP contribution in [0.3, 0.4) is 0 Å². The molecule has 0 bridgehead atoms. The van der Waals surface area contributed by atoms with Gasteiger partial charge in [-0.1, -0.05) is 6.07 Å². The van der Waals surface area contributed by atoms with Crippen LogP contribution in [0.25, 0.3) is 11.3 Å². The number of rotatable bonds is 1. The summed E-state index contributed by atoms with van der Waals surface area (Å²) in [6.45, 7) is 8.35. The molecule has 1 N–H and O–H groups in total. The van der Waals surface area contributed by atoms with Gasteiger partial charge in [0.25, 0.3) is 0 Å². The maximum atomic E-state index is 4.54. The van der Waals surface area contributed by atoms with Gasteiger partial charge in [-0.05, 0) is 43.5 Å². The summed E-state index contributed by atoms with van der Waals surface area (Å²) in [6, 6.07) is 4.50. The van der Waals surface area contributed by atoms with Crippen LogP contribution in [-0.2, 0) is 13.0 Å². The fourth-order valence-electron chi connectivity index (χ4n) is 2.72. The van der Waals surface area contributed by atoms with Crippen molar-refractivity contribution >= 4 is 0 Å². The van der Waals surface area contributed by atoms with Gasteiger partial charge in [0.15, 0.2) is 0 Å². The first kappa shape index (κ1) is 12.3. The molecule has 3 heteroatoms. The zero-order valence-corrected chi connectivity index (χ0v) is 11.7. The van der Waals surface area contributed by atoms with Crippen LogP contribution in [0.1, 0.15) is 27.9 Å². The van der Waals surface area contributed by atoms with Crippen molar-refractivity contribution in [2.24, 2.45) is 0 Å². The normalized spacial score (nSPS) is 14.3. The fraction of sp³-hybridized carbons (Fsp3) is 0.375. The molecule has 0 saturated carbocycles. The van der Waals surface area contributed by atoms with Crippen LogP contribution < -0.4 is 5.32 Å².